The number of rotatable bonds is 5. The smallest absolute Gasteiger partial charge is 0.325 e. The number of benzene rings is 2. The molecule has 2 aromatic carbocycles. The standard InChI is InChI=1S/C21H24N2O5/c1-5-27-17-8-6-7-14-15-12-21(2,28-19(14)17)23(20(24)22-15)13-9-10-16(25-3)18(11-13)26-4/h6-11,15H,5,12H2,1-4H3,(H,22,24)/t15-,21-/m0/s1. The summed E-state index contributed by atoms with van der Waals surface area (Å²) in [6, 6.07) is 10.8. The quantitative estimate of drug-likeness (QED) is 0.847. The Hall–Kier alpha value is -3.09. The zero-order valence-corrected chi connectivity index (χ0v) is 16.4. The Labute approximate surface area is 164 Å². The topological polar surface area (TPSA) is 69.3 Å². The van der Waals surface area contributed by atoms with Crippen LogP contribution in [0.3, 0.4) is 0 Å². The number of ether oxygens (including phenoxy) is 4. The molecule has 0 aliphatic carbocycles. The SMILES string of the molecule is CCOc1cccc2c1O[C@@]1(C)C[C@@H]2NC(=O)N1c1ccc(OC)c(OC)c1. The third kappa shape index (κ3) is 2.78. The third-order valence-electron chi connectivity index (χ3n) is 5.19. The van der Waals surface area contributed by atoms with E-state index >= 15 is 0 Å². The summed E-state index contributed by atoms with van der Waals surface area (Å²) in [6.07, 6.45) is 0.607. The highest BCUT2D eigenvalue weighted by molar-refractivity contribution is 5.95. The van der Waals surface area contributed by atoms with Crippen LogP contribution in [0.15, 0.2) is 36.4 Å². The molecule has 1 fully saturated rings. The van der Waals surface area contributed by atoms with Gasteiger partial charge in [-0.05, 0) is 32.0 Å². The van der Waals surface area contributed by atoms with Crippen molar-refractivity contribution in [2.45, 2.75) is 32.0 Å². The van der Waals surface area contributed by atoms with E-state index in [2.05, 4.69) is 5.32 Å². The van der Waals surface area contributed by atoms with E-state index in [0.29, 0.717) is 41.7 Å². The maximum atomic E-state index is 13.0. The molecule has 7 heteroatoms. The lowest BCUT2D eigenvalue weighted by Crippen LogP contribution is -2.65. The molecule has 2 aliphatic heterocycles. The Morgan fingerprint density at radius 1 is 1.18 bits per heavy atom. The van der Waals surface area contributed by atoms with Gasteiger partial charge in [-0.1, -0.05) is 12.1 Å². The number of fused-ring (bicyclic) bond motifs is 4. The predicted molar refractivity (Wildman–Crippen MR) is 105 cm³/mol. The summed E-state index contributed by atoms with van der Waals surface area (Å²) >= 11 is 0. The zero-order valence-electron chi connectivity index (χ0n) is 16.4. The van der Waals surface area contributed by atoms with Crippen LogP contribution < -0.4 is 29.2 Å². The minimum atomic E-state index is -0.868. The van der Waals surface area contributed by atoms with E-state index < -0.39 is 5.72 Å². The summed E-state index contributed by atoms with van der Waals surface area (Å²) < 4.78 is 22.9. The average Bonchev–Trinajstić information content (AvgIpc) is 2.68. The van der Waals surface area contributed by atoms with Crippen molar-refractivity contribution in [3.63, 3.8) is 0 Å². The molecule has 1 saturated heterocycles. The van der Waals surface area contributed by atoms with Crippen LogP contribution >= 0.6 is 0 Å². The maximum Gasteiger partial charge on any atom is 0.325 e. The van der Waals surface area contributed by atoms with Crippen LogP contribution in [-0.4, -0.2) is 32.6 Å². The molecule has 2 heterocycles. The van der Waals surface area contributed by atoms with Gasteiger partial charge in [0, 0.05) is 18.1 Å². The molecule has 148 valence electrons. The van der Waals surface area contributed by atoms with Gasteiger partial charge in [-0.25, -0.2) is 4.79 Å². The van der Waals surface area contributed by atoms with Gasteiger partial charge in [0.25, 0.3) is 0 Å². The van der Waals surface area contributed by atoms with Crippen LogP contribution in [-0.2, 0) is 0 Å². The van der Waals surface area contributed by atoms with Gasteiger partial charge in [0.2, 0.25) is 0 Å². The second-order valence-electron chi connectivity index (χ2n) is 6.97. The van der Waals surface area contributed by atoms with Crippen molar-refractivity contribution >= 4 is 11.7 Å². The summed E-state index contributed by atoms with van der Waals surface area (Å²) in [5.74, 6) is 2.50. The van der Waals surface area contributed by atoms with Gasteiger partial charge in [-0.3, -0.25) is 4.90 Å². The van der Waals surface area contributed by atoms with Crippen LogP contribution in [0, 0.1) is 0 Å². The fraction of sp³-hybridized carbons (Fsp3) is 0.381. The molecular weight excluding hydrogens is 360 g/mol. The van der Waals surface area contributed by atoms with E-state index in [0.717, 1.165) is 5.56 Å². The molecule has 0 aromatic heterocycles. The summed E-state index contributed by atoms with van der Waals surface area (Å²) in [6.45, 7) is 4.39. The number of para-hydroxylation sites is 1. The summed E-state index contributed by atoms with van der Waals surface area (Å²) in [5.41, 5.74) is 0.726. The number of hydrogen-bond acceptors (Lipinski definition) is 5. The lowest BCUT2D eigenvalue weighted by molar-refractivity contribution is 0.0343. The highest BCUT2D eigenvalue weighted by Gasteiger charge is 2.50. The molecule has 2 aliphatic rings. The summed E-state index contributed by atoms with van der Waals surface area (Å²) in [5, 5.41) is 3.09. The molecule has 2 atom stereocenters. The second kappa shape index (κ2) is 6.82. The molecule has 0 unspecified atom stereocenters. The fourth-order valence-electron chi connectivity index (χ4n) is 3.98. The van der Waals surface area contributed by atoms with Crippen molar-refractivity contribution in [3.8, 4) is 23.0 Å². The minimum Gasteiger partial charge on any atom is -0.493 e. The molecule has 2 bridgehead atoms. The Morgan fingerprint density at radius 2 is 1.96 bits per heavy atom. The second-order valence-corrected chi connectivity index (χ2v) is 6.97. The number of nitrogens with one attached hydrogen (secondary N) is 1. The Balaban J connectivity index is 1.78. The number of nitrogens with zero attached hydrogens (tertiary/aromatic N) is 1. The number of amides is 2. The number of anilines is 1. The van der Waals surface area contributed by atoms with Crippen molar-refractivity contribution in [1.29, 1.82) is 0 Å². The lowest BCUT2D eigenvalue weighted by atomic mass is 9.90. The monoisotopic (exact) mass is 384 g/mol. The van der Waals surface area contributed by atoms with Crippen molar-refractivity contribution in [2.75, 3.05) is 25.7 Å². The molecule has 0 saturated carbocycles. The van der Waals surface area contributed by atoms with Crippen LogP contribution in [0.5, 0.6) is 23.0 Å². The van der Waals surface area contributed by atoms with Gasteiger partial charge >= 0.3 is 6.03 Å². The molecule has 0 spiro atoms. The molecular formula is C21H24N2O5. The maximum absolute atomic E-state index is 13.0. The Kier molecular flexibility index (Phi) is 4.45. The minimum absolute atomic E-state index is 0.141. The van der Waals surface area contributed by atoms with Gasteiger partial charge in [-0.2, -0.15) is 0 Å². The van der Waals surface area contributed by atoms with Crippen molar-refractivity contribution in [3.05, 3.63) is 42.0 Å². The first-order valence-electron chi connectivity index (χ1n) is 9.28. The molecule has 2 aromatic rings. The summed E-state index contributed by atoms with van der Waals surface area (Å²) in [4.78, 5) is 14.6. The van der Waals surface area contributed by atoms with Gasteiger partial charge < -0.3 is 24.3 Å². The Morgan fingerprint density at radius 3 is 2.68 bits per heavy atom. The third-order valence-corrected chi connectivity index (χ3v) is 5.19. The van der Waals surface area contributed by atoms with Gasteiger partial charge in [-0.15, -0.1) is 0 Å². The molecule has 4 rings (SSSR count). The molecule has 7 nitrogen and oxygen atoms in total. The summed E-state index contributed by atoms with van der Waals surface area (Å²) in [7, 11) is 3.14. The van der Waals surface area contributed by atoms with E-state index in [9.17, 15) is 4.79 Å². The van der Waals surface area contributed by atoms with Crippen molar-refractivity contribution < 1.29 is 23.7 Å². The fourth-order valence-corrected chi connectivity index (χ4v) is 3.98. The normalized spacial score (nSPS) is 22.6. The van der Waals surface area contributed by atoms with Crippen LogP contribution in [0.1, 0.15) is 31.9 Å². The van der Waals surface area contributed by atoms with E-state index in [1.807, 2.05) is 38.1 Å². The van der Waals surface area contributed by atoms with E-state index in [4.69, 9.17) is 18.9 Å². The first-order chi connectivity index (χ1) is 13.5. The van der Waals surface area contributed by atoms with Crippen molar-refractivity contribution in [2.24, 2.45) is 0 Å². The van der Waals surface area contributed by atoms with Crippen LogP contribution in [0.4, 0.5) is 10.5 Å². The van der Waals surface area contributed by atoms with Gasteiger partial charge in [0.15, 0.2) is 28.7 Å². The highest BCUT2D eigenvalue weighted by atomic mass is 16.5. The molecule has 1 N–H and O–H groups in total. The van der Waals surface area contributed by atoms with Crippen molar-refractivity contribution in [1.82, 2.24) is 5.32 Å². The molecule has 0 radical (unpaired) electrons. The highest BCUT2D eigenvalue weighted by Crippen LogP contribution is 2.49. The van der Waals surface area contributed by atoms with Crippen LogP contribution in [0.25, 0.3) is 0 Å². The van der Waals surface area contributed by atoms with E-state index in [-0.39, 0.29) is 12.1 Å². The predicted octanol–water partition coefficient (Wildman–Crippen LogP) is 3.87. The average molecular weight is 384 g/mol. The first kappa shape index (κ1) is 18.3. The van der Waals surface area contributed by atoms with E-state index in [1.165, 1.54) is 0 Å². The number of carbonyl (C=O) groups is 1. The molecule has 2 amide bonds. The van der Waals surface area contributed by atoms with Crippen LogP contribution in [0.2, 0.25) is 0 Å². The number of carbonyl (C=O) groups excluding carboxylic acids is 1. The zero-order chi connectivity index (χ0) is 19.9. The Bertz CT molecular complexity index is 916. The lowest BCUT2D eigenvalue weighted by Gasteiger charge is -2.50. The number of hydrogen-bond donors (Lipinski definition) is 1. The van der Waals surface area contributed by atoms with Gasteiger partial charge in [0.1, 0.15) is 0 Å². The molecule has 28 heavy (non-hydrogen) atoms. The van der Waals surface area contributed by atoms with Gasteiger partial charge in [0.05, 0.1) is 32.6 Å². The number of methoxy groups -OCH3 is 2. The largest absolute Gasteiger partial charge is 0.493 e. The number of urea groups is 1. The first-order valence-corrected chi connectivity index (χ1v) is 9.28. The van der Waals surface area contributed by atoms with E-state index in [1.54, 1.807) is 31.3 Å².